The molecule has 90 valence electrons. The number of nitrogens with two attached hydrogens (primary N) is 1. The average Bonchev–Trinajstić information content (AvgIpc) is 2.59. The zero-order chi connectivity index (χ0) is 11.5. The molecule has 0 amide bonds. The maximum atomic E-state index is 5.94. The van der Waals surface area contributed by atoms with Crippen molar-refractivity contribution in [2.75, 3.05) is 20.1 Å². The molecule has 0 saturated carbocycles. The van der Waals surface area contributed by atoms with E-state index in [4.69, 9.17) is 5.73 Å². The smallest absolute Gasteiger partial charge is 0.0489 e. The summed E-state index contributed by atoms with van der Waals surface area (Å²) >= 11 is 5.50. The second kappa shape index (κ2) is 5.63. The van der Waals surface area contributed by atoms with Gasteiger partial charge in [-0.15, -0.1) is 11.3 Å². The van der Waals surface area contributed by atoms with Gasteiger partial charge in [0.1, 0.15) is 0 Å². The van der Waals surface area contributed by atoms with Crippen LogP contribution in [0.15, 0.2) is 15.9 Å². The van der Waals surface area contributed by atoms with Crippen LogP contribution in [0.3, 0.4) is 0 Å². The van der Waals surface area contributed by atoms with E-state index in [1.165, 1.54) is 35.2 Å². The second-order valence-electron chi connectivity index (χ2n) is 4.55. The third kappa shape index (κ3) is 2.50. The lowest BCUT2D eigenvalue weighted by molar-refractivity contribution is 0.199. The van der Waals surface area contributed by atoms with Crippen LogP contribution in [0.2, 0.25) is 0 Å². The first-order valence-electron chi connectivity index (χ1n) is 5.87. The van der Waals surface area contributed by atoms with Crippen LogP contribution in [0.1, 0.15) is 30.2 Å². The number of likely N-dealkylation sites (tertiary alicyclic amines) is 1. The summed E-state index contributed by atoms with van der Waals surface area (Å²) in [7, 11) is 2.23. The molecule has 0 bridgehead atoms. The number of hydrogen-bond acceptors (Lipinski definition) is 3. The predicted molar refractivity (Wildman–Crippen MR) is 73.8 cm³/mol. The largest absolute Gasteiger partial charge is 0.330 e. The summed E-state index contributed by atoms with van der Waals surface area (Å²) in [6, 6.07) is 2.65. The number of thiophene rings is 1. The molecule has 2 rings (SSSR count). The van der Waals surface area contributed by atoms with E-state index >= 15 is 0 Å². The Morgan fingerprint density at radius 3 is 3.00 bits per heavy atom. The number of hydrogen-bond donors (Lipinski definition) is 1. The van der Waals surface area contributed by atoms with Crippen LogP contribution in [0.4, 0.5) is 0 Å². The van der Waals surface area contributed by atoms with Gasteiger partial charge in [-0.3, -0.25) is 4.90 Å². The molecule has 4 heteroatoms. The molecule has 16 heavy (non-hydrogen) atoms. The average molecular weight is 303 g/mol. The minimum Gasteiger partial charge on any atom is -0.330 e. The molecule has 1 aliphatic heterocycles. The minimum absolute atomic E-state index is 0.502. The molecule has 2 nitrogen and oxygen atoms in total. The molecule has 2 N–H and O–H groups in total. The molecule has 1 aliphatic rings. The van der Waals surface area contributed by atoms with E-state index in [1.807, 2.05) is 11.3 Å². The van der Waals surface area contributed by atoms with Gasteiger partial charge in [0.2, 0.25) is 0 Å². The molecule has 2 heterocycles. The summed E-state index contributed by atoms with van der Waals surface area (Å²) in [6.45, 7) is 1.98. The first kappa shape index (κ1) is 12.6. The summed E-state index contributed by atoms with van der Waals surface area (Å²) in [5, 5.41) is 2.16. The molecular formula is C12H19BrN2S. The first-order valence-corrected chi connectivity index (χ1v) is 7.54. The highest BCUT2D eigenvalue weighted by molar-refractivity contribution is 9.10. The van der Waals surface area contributed by atoms with Gasteiger partial charge in [-0.25, -0.2) is 0 Å². The number of rotatable bonds is 2. The molecule has 0 aliphatic carbocycles. The van der Waals surface area contributed by atoms with Gasteiger partial charge in [0, 0.05) is 15.4 Å². The third-order valence-electron chi connectivity index (χ3n) is 3.47. The van der Waals surface area contributed by atoms with E-state index in [2.05, 4.69) is 39.3 Å². The third-order valence-corrected chi connectivity index (χ3v) is 5.41. The Hall–Kier alpha value is 0.100. The van der Waals surface area contributed by atoms with Crippen molar-refractivity contribution in [2.24, 2.45) is 11.7 Å². The van der Waals surface area contributed by atoms with Crippen LogP contribution in [0.5, 0.6) is 0 Å². The molecule has 2 unspecified atom stereocenters. The highest BCUT2D eigenvalue weighted by Crippen LogP contribution is 2.39. The van der Waals surface area contributed by atoms with Crippen LogP contribution in [-0.4, -0.2) is 25.0 Å². The van der Waals surface area contributed by atoms with Crippen molar-refractivity contribution in [2.45, 2.75) is 25.3 Å². The molecule has 1 saturated heterocycles. The van der Waals surface area contributed by atoms with Gasteiger partial charge in [0.25, 0.3) is 0 Å². The summed E-state index contributed by atoms with van der Waals surface area (Å²) < 4.78 is 1.25. The lowest BCUT2D eigenvalue weighted by Crippen LogP contribution is -2.32. The van der Waals surface area contributed by atoms with Crippen molar-refractivity contribution in [1.82, 2.24) is 4.90 Å². The Balaban J connectivity index is 2.29. The van der Waals surface area contributed by atoms with Crippen molar-refractivity contribution >= 4 is 27.3 Å². The van der Waals surface area contributed by atoms with E-state index in [0.717, 1.165) is 6.54 Å². The monoisotopic (exact) mass is 302 g/mol. The van der Waals surface area contributed by atoms with Gasteiger partial charge in [-0.05, 0) is 66.3 Å². The minimum atomic E-state index is 0.502. The Morgan fingerprint density at radius 2 is 2.38 bits per heavy atom. The summed E-state index contributed by atoms with van der Waals surface area (Å²) in [5.41, 5.74) is 5.94. The van der Waals surface area contributed by atoms with Crippen LogP contribution in [0.25, 0.3) is 0 Å². The van der Waals surface area contributed by atoms with Crippen LogP contribution >= 0.6 is 27.3 Å². The van der Waals surface area contributed by atoms with Gasteiger partial charge in [-0.2, -0.15) is 0 Å². The van der Waals surface area contributed by atoms with Crippen LogP contribution in [-0.2, 0) is 0 Å². The maximum absolute atomic E-state index is 5.94. The zero-order valence-corrected chi connectivity index (χ0v) is 12.1. The molecule has 2 atom stereocenters. The fraction of sp³-hybridized carbons (Fsp3) is 0.667. The van der Waals surface area contributed by atoms with Gasteiger partial charge in [0.05, 0.1) is 0 Å². The predicted octanol–water partition coefficient (Wildman–Crippen LogP) is 3.24. The number of halogens is 1. The normalized spacial score (nSPS) is 27.9. The van der Waals surface area contributed by atoms with E-state index in [-0.39, 0.29) is 0 Å². The Morgan fingerprint density at radius 1 is 1.56 bits per heavy atom. The van der Waals surface area contributed by atoms with Gasteiger partial charge in [0.15, 0.2) is 0 Å². The quantitative estimate of drug-likeness (QED) is 0.909. The second-order valence-corrected chi connectivity index (χ2v) is 6.35. The molecule has 0 spiro atoms. The first-order chi connectivity index (χ1) is 7.74. The maximum Gasteiger partial charge on any atom is 0.0489 e. The molecule has 1 aromatic heterocycles. The van der Waals surface area contributed by atoms with E-state index in [0.29, 0.717) is 12.0 Å². The van der Waals surface area contributed by atoms with E-state index < -0.39 is 0 Å². The van der Waals surface area contributed by atoms with Gasteiger partial charge in [-0.1, -0.05) is 6.42 Å². The van der Waals surface area contributed by atoms with E-state index in [1.54, 1.807) is 0 Å². The Bertz CT molecular complexity index is 340. The lowest BCUT2D eigenvalue weighted by Gasteiger charge is -2.31. The summed E-state index contributed by atoms with van der Waals surface area (Å²) in [4.78, 5) is 3.92. The Kier molecular flexibility index (Phi) is 4.41. The fourth-order valence-electron chi connectivity index (χ4n) is 2.60. The lowest BCUT2D eigenvalue weighted by atomic mass is 9.94. The molecule has 1 fully saturated rings. The SMILES string of the molecule is CN1CCCCC(CN)C1c1sccc1Br. The zero-order valence-electron chi connectivity index (χ0n) is 9.66. The fourth-order valence-corrected chi connectivity index (χ4v) is 4.47. The summed E-state index contributed by atoms with van der Waals surface area (Å²) in [5.74, 6) is 0.599. The van der Waals surface area contributed by atoms with Crippen molar-refractivity contribution in [3.8, 4) is 0 Å². The number of nitrogens with zero attached hydrogens (tertiary/aromatic N) is 1. The van der Waals surface area contributed by atoms with Crippen molar-refractivity contribution in [3.05, 3.63) is 20.8 Å². The molecule has 0 radical (unpaired) electrons. The Labute approximate surface area is 110 Å². The topological polar surface area (TPSA) is 29.3 Å². The van der Waals surface area contributed by atoms with Crippen molar-refractivity contribution in [1.29, 1.82) is 0 Å². The standard InChI is InChI=1S/C12H19BrN2S/c1-15-6-3-2-4-9(8-14)11(15)12-10(13)5-7-16-12/h5,7,9,11H,2-4,6,8,14H2,1H3. The van der Waals surface area contributed by atoms with Crippen LogP contribution < -0.4 is 5.73 Å². The molecular weight excluding hydrogens is 284 g/mol. The van der Waals surface area contributed by atoms with Gasteiger partial charge < -0.3 is 5.73 Å². The molecule has 0 aromatic carbocycles. The highest BCUT2D eigenvalue weighted by atomic mass is 79.9. The highest BCUT2D eigenvalue weighted by Gasteiger charge is 2.30. The van der Waals surface area contributed by atoms with Crippen molar-refractivity contribution < 1.29 is 0 Å². The van der Waals surface area contributed by atoms with Crippen molar-refractivity contribution in [3.63, 3.8) is 0 Å². The van der Waals surface area contributed by atoms with Gasteiger partial charge >= 0.3 is 0 Å². The molecule has 1 aromatic rings. The summed E-state index contributed by atoms with van der Waals surface area (Å²) in [6.07, 6.45) is 3.87. The van der Waals surface area contributed by atoms with Crippen LogP contribution in [0, 0.1) is 5.92 Å². The van der Waals surface area contributed by atoms with E-state index in [9.17, 15) is 0 Å².